The second-order valence-corrected chi connectivity index (χ2v) is 9.18. The van der Waals surface area contributed by atoms with Crippen molar-refractivity contribution >= 4 is 0 Å². The largest absolute Gasteiger partial charge is 0.486 e. The maximum absolute atomic E-state index is 13.8. The van der Waals surface area contributed by atoms with Gasteiger partial charge in [-0.3, -0.25) is 0 Å². The van der Waals surface area contributed by atoms with Gasteiger partial charge in [0, 0.05) is 0 Å². The maximum Gasteiger partial charge on any atom is 0.164 e. The molecule has 3 aromatic rings. The fourth-order valence-corrected chi connectivity index (χ4v) is 5.15. The molecule has 0 saturated carbocycles. The molecule has 3 aromatic carbocycles. The van der Waals surface area contributed by atoms with E-state index in [1.54, 1.807) is 18.2 Å². The van der Waals surface area contributed by atoms with E-state index >= 15 is 0 Å². The van der Waals surface area contributed by atoms with E-state index in [0.717, 1.165) is 73.4 Å². The summed E-state index contributed by atoms with van der Waals surface area (Å²) < 4.78 is 45.1. The summed E-state index contributed by atoms with van der Waals surface area (Å²) in [6.45, 7) is 3.40. The Kier molecular flexibility index (Phi) is 7.30. The number of unbranched alkanes of at least 4 members (excludes halogenated alkanes) is 1. The second-order valence-electron chi connectivity index (χ2n) is 9.18. The molecule has 6 heteroatoms. The van der Waals surface area contributed by atoms with Crippen molar-refractivity contribution in [1.82, 2.24) is 5.32 Å². The number of rotatable bonds is 10. The number of halogens is 2. The van der Waals surface area contributed by atoms with E-state index in [2.05, 4.69) is 11.4 Å². The number of hydrogen-bond acceptors (Lipinski definition) is 4. The van der Waals surface area contributed by atoms with Crippen LogP contribution in [0.25, 0.3) is 0 Å². The van der Waals surface area contributed by atoms with Crippen molar-refractivity contribution < 1.29 is 23.0 Å². The lowest BCUT2D eigenvalue weighted by atomic mass is 9.81. The van der Waals surface area contributed by atoms with Crippen molar-refractivity contribution in [3.8, 4) is 11.5 Å². The molecule has 0 radical (unpaired) electrons. The molecular formula is C29H31F2NO3. The predicted octanol–water partition coefficient (Wildman–Crippen LogP) is 5.90. The molecule has 0 saturated heterocycles. The van der Waals surface area contributed by atoms with Crippen LogP contribution in [0.5, 0.6) is 11.5 Å². The standard InChI is InChI=1S/C29H31F2NO3/c30-24-10-8-23(9-11-24)29(26-13-12-25(31)19-22(26)20-35-29)14-1-2-15-32-16-4-6-21-5-3-7-27-28(21)34-18-17-33-27/h3,5,7-13,19,32H,1-2,4,6,14-18,20H2. The van der Waals surface area contributed by atoms with Crippen LogP contribution in [0.3, 0.4) is 0 Å². The molecule has 0 aromatic heterocycles. The zero-order chi connectivity index (χ0) is 24.1. The molecule has 184 valence electrons. The maximum atomic E-state index is 13.8. The predicted molar refractivity (Wildman–Crippen MR) is 131 cm³/mol. The molecule has 35 heavy (non-hydrogen) atoms. The smallest absolute Gasteiger partial charge is 0.164 e. The Morgan fingerprint density at radius 1 is 0.829 bits per heavy atom. The summed E-state index contributed by atoms with van der Waals surface area (Å²) in [4.78, 5) is 0. The van der Waals surface area contributed by atoms with Crippen molar-refractivity contribution in [2.45, 2.75) is 44.3 Å². The van der Waals surface area contributed by atoms with Gasteiger partial charge in [-0.05, 0) is 97.8 Å². The summed E-state index contributed by atoms with van der Waals surface area (Å²) >= 11 is 0. The molecule has 0 fully saturated rings. The van der Waals surface area contributed by atoms with E-state index in [1.165, 1.54) is 23.8 Å². The lowest BCUT2D eigenvalue weighted by molar-refractivity contribution is -0.0133. The third-order valence-corrected chi connectivity index (χ3v) is 6.87. The molecule has 5 rings (SSSR count). The SMILES string of the molecule is Fc1ccc(C2(CCCCNCCCc3cccc4c3OCCO4)OCc3cc(F)ccc32)cc1. The van der Waals surface area contributed by atoms with Crippen molar-refractivity contribution in [1.29, 1.82) is 0 Å². The fourth-order valence-electron chi connectivity index (χ4n) is 5.15. The average molecular weight is 480 g/mol. The number of nitrogens with one attached hydrogen (secondary N) is 1. The van der Waals surface area contributed by atoms with Gasteiger partial charge in [0.15, 0.2) is 11.5 Å². The normalized spacial score (nSPS) is 18.5. The van der Waals surface area contributed by atoms with E-state index in [9.17, 15) is 8.78 Å². The quantitative estimate of drug-likeness (QED) is 0.368. The van der Waals surface area contributed by atoms with Crippen LogP contribution in [-0.2, 0) is 23.4 Å². The lowest BCUT2D eigenvalue weighted by Gasteiger charge is -2.30. The van der Waals surface area contributed by atoms with Crippen LogP contribution in [0.15, 0.2) is 60.7 Å². The van der Waals surface area contributed by atoms with Gasteiger partial charge in [0.1, 0.15) is 30.4 Å². The van der Waals surface area contributed by atoms with E-state index in [1.807, 2.05) is 18.2 Å². The van der Waals surface area contributed by atoms with Crippen molar-refractivity contribution in [3.05, 3.63) is 94.6 Å². The highest BCUT2D eigenvalue weighted by molar-refractivity contribution is 5.47. The molecule has 2 aliphatic heterocycles. The molecule has 2 heterocycles. The topological polar surface area (TPSA) is 39.7 Å². The van der Waals surface area contributed by atoms with Gasteiger partial charge in [-0.25, -0.2) is 8.78 Å². The summed E-state index contributed by atoms with van der Waals surface area (Å²) in [6, 6.07) is 17.4. The van der Waals surface area contributed by atoms with Crippen LogP contribution < -0.4 is 14.8 Å². The molecule has 1 unspecified atom stereocenters. The van der Waals surface area contributed by atoms with Crippen molar-refractivity contribution in [3.63, 3.8) is 0 Å². The third kappa shape index (κ3) is 5.19. The first-order chi connectivity index (χ1) is 17.2. The van der Waals surface area contributed by atoms with Gasteiger partial charge in [-0.15, -0.1) is 0 Å². The monoisotopic (exact) mass is 479 g/mol. The van der Waals surface area contributed by atoms with E-state index in [4.69, 9.17) is 14.2 Å². The van der Waals surface area contributed by atoms with E-state index < -0.39 is 5.60 Å². The number of aryl methyl sites for hydroxylation is 1. The summed E-state index contributed by atoms with van der Waals surface area (Å²) in [5.74, 6) is 1.19. The molecule has 0 aliphatic carbocycles. The van der Waals surface area contributed by atoms with Gasteiger partial charge in [0.25, 0.3) is 0 Å². The molecule has 4 nitrogen and oxygen atoms in total. The number of ether oxygens (including phenoxy) is 3. The minimum atomic E-state index is -0.662. The summed E-state index contributed by atoms with van der Waals surface area (Å²) in [5.41, 5.74) is 3.29. The Hall–Kier alpha value is -2.96. The average Bonchev–Trinajstić information content (AvgIpc) is 3.24. The summed E-state index contributed by atoms with van der Waals surface area (Å²) in [5, 5.41) is 3.54. The fraction of sp³-hybridized carbons (Fsp3) is 0.379. The minimum absolute atomic E-state index is 0.262. The van der Waals surface area contributed by atoms with Gasteiger partial charge < -0.3 is 19.5 Å². The molecule has 0 spiro atoms. The molecular weight excluding hydrogens is 448 g/mol. The first-order valence-electron chi connectivity index (χ1n) is 12.4. The molecule has 1 N–H and O–H groups in total. The molecule has 1 atom stereocenters. The number of benzene rings is 3. The number of fused-ring (bicyclic) bond motifs is 2. The van der Waals surface area contributed by atoms with Gasteiger partial charge in [-0.2, -0.15) is 0 Å². The second kappa shape index (κ2) is 10.8. The zero-order valence-electron chi connectivity index (χ0n) is 19.8. The molecule has 2 aliphatic rings. The highest BCUT2D eigenvalue weighted by Gasteiger charge is 2.41. The lowest BCUT2D eigenvalue weighted by Crippen LogP contribution is -2.27. The van der Waals surface area contributed by atoms with Crippen molar-refractivity contribution in [2.24, 2.45) is 0 Å². The van der Waals surface area contributed by atoms with E-state index in [-0.39, 0.29) is 11.6 Å². The minimum Gasteiger partial charge on any atom is -0.486 e. The summed E-state index contributed by atoms with van der Waals surface area (Å²) in [7, 11) is 0. The van der Waals surface area contributed by atoms with Crippen LogP contribution in [0, 0.1) is 11.6 Å². The van der Waals surface area contributed by atoms with Gasteiger partial charge in [0.2, 0.25) is 0 Å². The Labute approximate surface area is 205 Å². The zero-order valence-corrected chi connectivity index (χ0v) is 19.8. The number of para-hydroxylation sites is 1. The Bertz CT molecular complexity index is 1150. The Morgan fingerprint density at radius 2 is 1.63 bits per heavy atom. The van der Waals surface area contributed by atoms with Crippen LogP contribution in [0.2, 0.25) is 0 Å². The van der Waals surface area contributed by atoms with Crippen LogP contribution in [-0.4, -0.2) is 26.3 Å². The molecule has 0 amide bonds. The summed E-state index contributed by atoms with van der Waals surface area (Å²) in [6.07, 6.45) is 4.63. The van der Waals surface area contributed by atoms with Crippen molar-refractivity contribution in [2.75, 3.05) is 26.3 Å². The van der Waals surface area contributed by atoms with Gasteiger partial charge >= 0.3 is 0 Å². The Balaban J connectivity index is 1.12. The highest BCUT2D eigenvalue weighted by Crippen LogP contribution is 2.45. The van der Waals surface area contributed by atoms with Crippen LogP contribution in [0.4, 0.5) is 8.78 Å². The number of hydrogen-bond donors (Lipinski definition) is 1. The Morgan fingerprint density at radius 3 is 2.51 bits per heavy atom. The van der Waals surface area contributed by atoms with Crippen LogP contribution in [0.1, 0.15) is 47.9 Å². The highest BCUT2D eigenvalue weighted by atomic mass is 19.1. The first-order valence-corrected chi connectivity index (χ1v) is 12.4. The molecule has 0 bridgehead atoms. The first kappa shape index (κ1) is 23.8. The van der Waals surface area contributed by atoms with Gasteiger partial charge in [0.05, 0.1) is 6.61 Å². The van der Waals surface area contributed by atoms with Gasteiger partial charge in [-0.1, -0.05) is 30.3 Å². The van der Waals surface area contributed by atoms with E-state index in [0.29, 0.717) is 19.8 Å². The third-order valence-electron chi connectivity index (χ3n) is 6.87. The van der Waals surface area contributed by atoms with Crippen LogP contribution >= 0.6 is 0 Å².